The van der Waals surface area contributed by atoms with E-state index in [1.54, 1.807) is 30.5 Å². The summed E-state index contributed by atoms with van der Waals surface area (Å²) in [5.41, 5.74) is 2.25. The van der Waals surface area contributed by atoms with Crippen molar-refractivity contribution in [2.75, 3.05) is 0 Å². The Morgan fingerprint density at radius 1 is 1.39 bits per heavy atom. The quantitative estimate of drug-likeness (QED) is 0.863. The molecule has 1 unspecified atom stereocenters. The minimum Gasteiger partial charge on any atom is -0.362 e. The van der Waals surface area contributed by atoms with Crippen LogP contribution < -0.4 is 5.32 Å². The number of carbonyl (C=O) groups is 1. The lowest BCUT2D eigenvalue weighted by Crippen LogP contribution is -2.27. The summed E-state index contributed by atoms with van der Waals surface area (Å²) in [7, 11) is 0. The number of nitriles is 1. The van der Waals surface area contributed by atoms with E-state index in [0.29, 0.717) is 11.3 Å². The van der Waals surface area contributed by atoms with Crippen LogP contribution in [0, 0.1) is 18.3 Å². The molecule has 2 N–H and O–H groups in total. The van der Waals surface area contributed by atoms with Crippen molar-refractivity contribution in [3.63, 3.8) is 0 Å². The largest absolute Gasteiger partial charge is 0.362 e. The van der Waals surface area contributed by atoms with Crippen LogP contribution in [0.3, 0.4) is 0 Å². The Labute approximate surface area is 105 Å². The van der Waals surface area contributed by atoms with Crippen LogP contribution in [0.15, 0.2) is 42.6 Å². The van der Waals surface area contributed by atoms with E-state index in [2.05, 4.69) is 16.4 Å². The van der Waals surface area contributed by atoms with Gasteiger partial charge in [0.1, 0.15) is 0 Å². The highest BCUT2D eigenvalue weighted by atomic mass is 16.1. The Bertz CT molecular complexity index is 581. The van der Waals surface area contributed by atoms with E-state index in [-0.39, 0.29) is 5.91 Å². The lowest BCUT2D eigenvalue weighted by Gasteiger charge is -2.10. The van der Waals surface area contributed by atoms with Crippen LogP contribution in [0.25, 0.3) is 0 Å². The molecule has 0 aliphatic heterocycles. The SMILES string of the molecule is Cc1cccc(C(=O)NC(C#N)c2ccc[nH]2)c1. The number of hydrogen-bond acceptors (Lipinski definition) is 2. The number of aryl methyl sites for hydroxylation is 1. The molecule has 1 heterocycles. The Morgan fingerprint density at radius 3 is 2.83 bits per heavy atom. The summed E-state index contributed by atoms with van der Waals surface area (Å²) in [4.78, 5) is 14.9. The number of nitrogens with one attached hydrogen (secondary N) is 2. The molecule has 18 heavy (non-hydrogen) atoms. The van der Waals surface area contributed by atoms with Gasteiger partial charge in [0.25, 0.3) is 5.91 Å². The molecule has 1 aromatic heterocycles. The maximum absolute atomic E-state index is 12.0. The van der Waals surface area contributed by atoms with Crippen molar-refractivity contribution in [2.45, 2.75) is 13.0 Å². The highest BCUT2D eigenvalue weighted by molar-refractivity contribution is 5.94. The van der Waals surface area contributed by atoms with E-state index in [1.165, 1.54) is 0 Å². The number of H-pyrrole nitrogens is 1. The van der Waals surface area contributed by atoms with Gasteiger partial charge in [-0.1, -0.05) is 17.7 Å². The van der Waals surface area contributed by atoms with E-state index < -0.39 is 6.04 Å². The number of carbonyl (C=O) groups excluding carboxylic acids is 1. The van der Waals surface area contributed by atoms with Gasteiger partial charge in [-0.05, 0) is 31.2 Å². The smallest absolute Gasteiger partial charge is 0.252 e. The van der Waals surface area contributed by atoms with Gasteiger partial charge in [0.2, 0.25) is 0 Å². The van der Waals surface area contributed by atoms with Gasteiger partial charge in [-0.25, -0.2) is 0 Å². The summed E-state index contributed by atoms with van der Waals surface area (Å²) in [6, 6.07) is 12.2. The minimum atomic E-state index is -0.659. The summed E-state index contributed by atoms with van der Waals surface area (Å²) in [6.45, 7) is 1.92. The summed E-state index contributed by atoms with van der Waals surface area (Å²) in [6.07, 6.45) is 1.72. The Hall–Kier alpha value is -2.54. The number of amides is 1. The first-order valence-electron chi connectivity index (χ1n) is 5.61. The third-order valence-corrected chi connectivity index (χ3v) is 2.62. The molecule has 1 aromatic carbocycles. The topological polar surface area (TPSA) is 68.7 Å². The number of rotatable bonds is 3. The van der Waals surface area contributed by atoms with Crippen LogP contribution in [-0.2, 0) is 0 Å². The van der Waals surface area contributed by atoms with Crippen LogP contribution in [0.2, 0.25) is 0 Å². The van der Waals surface area contributed by atoms with Gasteiger partial charge in [-0.15, -0.1) is 0 Å². The lowest BCUT2D eigenvalue weighted by molar-refractivity contribution is 0.0944. The van der Waals surface area contributed by atoms with Crippen molar-refractivity contribution in [3.8, 4) is 6.07 Å². The molecule has 0 aliphatic rings. The number of nitrogens with zero attached hydrogens (tertiary/aromatic N) is 1. The van der Waals surface area contributed by atoms with Crippen LogP contribution in [0.4, 0.5) is 0 Å². The standard InChI is InChI=1S/C14H13N3O/c1-10-4-2-5-11(8-10)14(18)17-13(9-15)12-6-3-7-16-12/h2-8,13,16H,1H3,(H,17,18). The van der Waals surface area contributed by atoms with Crippen molar-refractivity contribution >= 4 is 5.91 Å². The number of hydrogen-bond donors (Lipinski definition) is 2. The van der Waals surface area contributed by atoms with Gasteiger partial charge in [-0.3, -0.25) is 4.79 Å². The first-order chi connectivity index (χ1) is 8.70. The highest BCUT2D eigenvalue weighted by Crippen LogP contribution is 2.11. The van der Waals surface area contributed by atoms with E-state index >= 15 is 0 Å². The normalized spacial score (nSPS) is 11.6. The minimum absolute atomic E-state index is 0.250. The molecule has 4 nitrogen and oxygen atoms in total. The van der Waals surface area contributed by atoms with Crippen molar-refractivity contribution in [1.82, 2.24) is 10.3 Å². The van der Waals surface area contributed by atoms with Crippen LogP contribution in [0.5, 0.6) is 0 Å². The predicted molar refractivity (Wildman–Crippen MR) is 67.8 cm³/mol. The Morgan fingerprint density at radius 2 is 2.22 bits per heavy atom. The first kappa shape index (κ1) is 11.9. The van der Waals surface area contributed by atoms with Gasteiger partial charge in [-0.2, -0.15) is 5.26 Å². The fourth-order valence-corrected chi connectivity index (χ4v) is 1.70. The van der Waals surface area contributed by atoms with Crippen LogP contribution in [-0.4, -0.2) is 10.9 Å². The monoisotopic (exact) mass is 239 g/mol. The van der Waals surface area contributed by atoms with Crippen molar-refractivity contribution in [1.29, 1.82) is 5.26 Å². The average molecular weight is 239 g/mol. The van der Waals surface area contributed by atoms with Crippen molar-refractivity contribution in [3.05, 3.63) is 59.4 Å². The molecule has 4 heteroatoms. The highest BCUT2D eigenvalue weighted by Gasteiger charge is 2.15. The molecule has 0 aliphatic carbocycles. The van der Waals surface area contributed by atoms with Crippen LogP contribution in [0.1, 0.15) is 27.7 Å². The van der Waals surface area contributed by atoms with Crippen molar-refractivity contribution < 1.29 is 4.79 Å². The van der Waals surface area contributed by atoms with Crippen molar-refractivity contribution in [2.24, 2.45) is 0 Å². The maximum Gasteiger partial charge on any atom is 0.252 e. The third kappa shape index (κ3) is 2.58. The molecule has 0 fully saturated rings. The third-order valence-electron chi connectivity index (χ3n) is 2.62. The molecule has 0 spiro atoms. The second kappa shape index (κ2) is 5.19. The second-order valence-electron chi connectivity index (χ2n) is 4.03. The van der Waals surface area contributed by atoms with E-state index in [1.807, 2.05) is 19.1 Å². The van der Waals surface area contributed by atoms with Crippen LogP contribution >= 0.6 is 0 Å². The molecule has 0 saturated heterocycles. The molecule has 0 bridgehead atoms. The number of aromatic amines is 1. The molecular weight excluding hydrogens is 226 g/mol. The summed E-state index contributed by atoms with van der Waals surface area (Å²) in [5.74, 6) is -0.250. The molecule has 1 atom stereocenters. The fourth-order valence-electron chi connectivity index (χ4n) is 1.70. The van der Waals surface area contributed by atoms with E-state index in [0.717, 1.165) is 5.56 Å². The van der Waals surface area contributed by atoms with Gasteiger partial charge < -0.3 is 10.3 Å². The summed E-state index contributed by atoms with van der Waals surface area (Å²) < 4.78 is 0. The van der Waals surface area contributed by atoms with Gasteiger partial charge >= 0.3 is 0 Å². The maximum atomic E-state index is 12.0. The zero-order valence-electron chi connectivity index (χ0n) is 9.97. The zero-order valence-corrected chi connectivity index (χ0v) is 9.97. The molecule has 2 rings (SSSR count). The number of benzene rings is 1. The Kier molecular flexibility index (Phi) is 3.44. The molecule has 2 aromatic rings. The first-order valence-corrected chi connectivity index (χ1v) is 5.61. The molecular formula is C14H13N3O. The lowest BCUT2D eigenvalue weighted by atomic mass is 10.1. The van der Waals surface area contributed by atoms with E-state index in [4.69, 9.17) is 5.26 Å². The average Bonchev–Trinajstić information content (AvgIpc) is 2.89. The summed E-state index contributed by atoms with van der Waals surface area (Å²) in [5, 5.41) is 11.7. The summed E-state index contributed by atoms with van der Waals surface area (Å²) >= 11 is 0. The number of aromatic nitrogens is 1. The zero-order chi connectivity index (χ0) is 13.0. The molecule has 0 saturated carbocycles. The van der Waals surface area contributed by atoms with Gasteiger partial charge in [0.15, 0.2) is 6.04 Å². The molecule has 1 amide bonds. The Balaban J connectivity index is 2.14. The molecule has 90 valence electrons. The second-order valence-corrected chi connectivity index (χ2v) is 4.03. The van der Waals surface area contributed by atoms with Gasteiger partial charge in [0.05, 0.1) is 11.8 Å². The predicted octanol–water partition coefficient (Wildman–Crippen LogP) is 2.32. The van der Waals surface area contributed by atoms with Gasteiger partial charge in [0, 0.05) is 11.8 Å². The van der Waals surface area contributed by atoms with E-state index in [9.17, 15) is 4.79 Å². The fraction of sp³-hybridized carbons (Fsp3) is 0.143. The molecule has 0 radical (unpaired) electrons.